The van der Waals surface area contributed by atoms with Gasteiger partial charge in [0, 0.05) is 54.4 Å². The van der Waals surface area contributed by atoms with Crippen LogP contribution in [-0.2, 0) is 4.79 Å². The van der Waals surface area contributed by atoms with E-state index in [0.717, 1.165) is 55.4 Å². The fourth-order valence-electron chi connectivity index (χ4n) is 3.42. The SMILES string of the molecule is C/C(N)=C/C(=N)Nc1cc(N2CCN(C)CC2)nc(Sc2ccc(NC(=O)C3CC3)cc2)n1. The number of amidine groups is 1. The summed E-state index contributed by atoms with van der Waals surface area (Å²) in [6.45, 7) is 5.43. The molecule has 9 nitrogen and oxygen atoms in total. The second-order valence-corrected chi connectivity index (χ2v) is 9.54. The summed E-state index contributed by atoms with van der Waals surface area (Å²) in [5.41, 5.74) is 7.05. The van der Waals surface area contributed by atoms with Crippen LogP contribution in [0.3, 0.4) is 0 Å². The highest BCUT2D eigenvalue weighted by Crippen LogP contribution is 2.32. The van der Waals surface area contributed by atoms with E-state index in [9.17, 15) is 4.79 Å². The van der Waals surface area contributed by atoms with E-state index in [1.807, 2.05) is 30.3 Å². The van der Waals surface area contributed by atoms with Crippen molar-refractivity contribution in [3.05, 3.63) is 42.1 Å². The van der Waals surface area contributed by atoms with Crippen molar-refractivity contribution in [2.75, 3.05) is 48.8 Å². The molecule has 1 aromatic carbocycles. The Bertz CT molecular complexity index is 1040. The zero-order valence-electron chi connectivity index (χ0n) is 19.0. The molecule has 1 saturated heterocycles. The molecule has 174 valence electrons. The van der Waals surface area contributed by atoms with E-state index in [1.165, 1.54) is 11.8 Å². The first-order valence-corrected chi connectivity index (χ1v) is 11.9. The third kappa shape index (κ3) is 6.69. The molecular weight excluding hydrogens is 436 g/mol. The Morgan fingerprint density at radius 3 is 2.48 bits per heavy atom. The molecule has 4 rings (SSSR count). The molecule has 2 fully saturated rings. The average molecular weight is 467 g/mol. The van der Waals surface area contributed by atoms with Crippen LogP contribution in [0.15, 0.2) is 52.2 Å². The first-order chi connectivity index (χ1) is 15.9. The van der Waals surface area contributed by atoms with E-state index in [0.29, 0.717) is 16.7 Å². The van der Waals surface area contributed by atoms with Crippen molar-refractivity contribution in [1.82, 2.24) is 14.9 Å². The molecule has 10 heteroatoms. The van der Waals surface area contributed by atoms with E-state index in [4.69, 9.17) is 16.1 Å². The number of likely N-dealkylation sites (N-methyl/N-ethyl adjacent to an activating group) is 1. The summed E-state index contributed by atoms with van der Waals surface area (Å²) >= 11 is 1.45. The number of benzene rings is 1. The van der Waals surface area contributed by atoms with Gasteiger partial charge in [0.1, 0.15) is 17.5 Å². The Balaban J connectivity index is 1.52. The predicted molar refractivity (Wildman–Crippen MR) is 133 cm³/mol. The lowest BCUT2D eigenvalue weighted by Gasteiger charge is -2.33. The Labute approximate surface area is 198 Å². The Morgan fingerprint density at radius 1 is 1.15 bits per heavy atom. The topological polar surface area (TPSA) is 123 Å². The molecule has 2 heterocycles. The molecule has 5 N–H and O–H groups in total. The monoisotopic (exact) mass is 466 g/mol. The van der Waals surface area contributed by atoms with Crippen LogP contribution in [0.1, 0.15) is 19.8 Å². The van der Waals surface area contributed by atoms with E-state index < -0.39 is 0 Å². The zero-order valence-corrected chi connectivity index (χ0v) is 19.8. The summed E-state index contributed by atoms with van der Waals surface area (Å²) in [6.07, 6.45) is 3.52. The van der Waals surface area contributed by atoms with E-state index in [-0.39, 0.29) is 17.7 Å². The van der Waals surface area contributed by atoms with Crippen LogP contribution < -0.4 is 21.3 Å². The smallest absolute Gasteiger partial charge is 0.227 e. The summed E-state index contributed by atoms with van der Waals surface area (Å²) in [4.78, 5) is 26.9. The summed E-state index contributed by atoms with van der Waals surface area (Å²) in [6, 6.07) is 9.58. The lowest BCUT2D eigenvalue weighted by molar-refractivity contribution is -0.117. The number of anilines is 3. The highest BCUT2D eigenvalue weighted by molar-refractivity contribution is 7.99. The first-order valence-electron chi connectivity index (χ1n) is 11.1. The van der Waals surface area contributed by atoms with Gasteiger partial charge in [0.2, 0.25) is 5.91 Å². The van der Waals surface area contributed by atoms with Crippen LogP contribution >= 0.6 is 11.8 Å². The molecule has 1 saturated carbocycles. The maximum atomic E-state index is 12.0. The molecule has 33 heavy (non-hydrogen) atoms. The number of carbonyl (C=O) groups excluding carboxylic acids is 1. The van der Waals surface area contributed by atoms with Crippen LogP contribution in [-0.4, -0.2) is 59.8 Å². The fourth-order valence-corrected chi connectivity index (χ4v) is 4.19. The predicted octanol–water partition coefficient (Wildman–Crippen LogP) is 2.98. The van der Waals surface area contributed by atoms with E-state index >= 15 is 0 Å². The number of aromatic nitrogens is 2. The molecule has 1 amide bonds. The molecule has 2 aliphatic rings. The van der Waals surface area contributed by atoms with Crippen LogP contribution in [0.25, 0.3) is 0 Å². The number of nitrogens with zero attached hydrogens (tertiary/aromatic N) is 4. The maximum absolute atomic E-state index is 12.0. The standard InChI is InChI=1S/C23H30N8OS/c1-15(24)13-19(25)27-20-14-21(31-11-9-30(2)10-12-31)29-23(28-20)33-18-7-5-17(6-8-18)26-22(32)16-3-4-16/h5-8,13-14,16H,3-4,9-12,24H2,1-2H3,(H,26,32)(H2,25,27,28,29)/b15-13-. The van der Waals surface area contributed by atoms with Gasteiger partial charge in [-0.05, 0) is 68.9 Å². The maximum Gasteiger partial charge on any atom is 0.227 e. The van der Waals surface area contributed by atoms with Gasteiger partial charge in [-0.15, -0.1) is 0 Å². The first kappa shape index (κ1) is 23.1. The molecule has 0 spiro atoms. The minimum Gasteiger partial charge on any atom is -0.402 e. The van der Waals surface area contributed by atoms with Crippen molar-refractivity contribution in [1.29, 1.82) is 5.41 Å². The molecule has 2 aromatic rings. The van der Waals surface area contributed by atoms with Gasteiger partial charge in [0.15, 0.2) is 5.16 Å². The van der Waals surface area contributed by atoms with Crippen molar-refractivity contribution in [2.45, 2.75) is 29.8 Å². The number of allylic oxidation sites excluding steroid dienone is 1. The van der Waals surface area contributed by atoms with Crippen LogP contribution in [0.5, 0.6) is 0 Å². The van der Waals surface area contributed by atoms with Crippen molar-refractivity contribution < 1.29 is 4.79 Å². The number of nitrogens with one attached hydrogen (secondary N) is 3. The molecule has 0 unspecified atom stereocenters. The Kier molecular flexibility index (Phi) is 7.14. The minimum absolute atomic E-state index is 0.0959. The highest BCUT2D eigenvalue weighted by Gasteiger charge is 2.29. The summed E-state index contributed by atoms with van der Waals surface area (Å²) < 4.78 is 0. The minimum atomic E-state index is 0.0959. The molecular formula is C23H30N8OS. The van der Waals surface area contributed by atoms with Crippen molar-refractivity contribution >= 4 is 40.8 Å². The van der Waals surface area contributed by atoms with E-state index in [1.54, 1.807) is 13.0 Å². The second-order valence-electron chi connectivity index (χ2n) is 8.50. The number of hydrogen-bond donors (Lipinski definition) is 4. The van der Waals surface area contributed by atoms with Crippen molar-refractivity contribution in [3.63, 3.8) is 0 Å². The van der Waals surface area contributed by atoms with Gasteiger partial charge in [-0.2, -0.15) is 0 Å². The largest absolute Gasteiger partial charge is 0.402 e. The third-order valence-electron chi connectivity index (χ3n) is 5.43. The lowest BCUT2D eigenvalue weighted by Crippen LogP contribution is -2.44. The highest BCUT2D eigenvalue weighted by atomic mass is 32.2. The molecule has 0 atom stereocenters. The van der Waals surface area contributed by atoms with Gasteiger partial charge in [0.25, 0.3) is 0 Å². The van der Waals surface area contributed by atoms with Crippen molar-refractivity contribution in [2.24, 2.45) is 11.7 Å². The van der Waals surface area contributed by atoms with Gasteiger partial charge in [-0.3, -0.25) is 10.2 Å². The molecule has 0 radical (unpaired) electrons. The summed E-state index contributed by atoms with van der Waals surface area (Å²) in [5.74, 6) is 1.82. The molecule has 1 aliphatic carbocycles. The third-order valence-corrected chi connectivity index (χ3v) is 6.31. The normalized spacial score (nSPS) is 17.0. The van der Waals surface area contributed by atoms with Gasteiger partial charge >= 0.3 is 0 Å². The van der Waals surface area contributed by atoms with Crippen LogP contribution in [0.4, 0.5) is 17.3 Å². The van der Waals surface area contributed by atoms with Crippen LogP contribution in [0, 0.1) is 11.3 Å². The molecule has 1 aromatic heterocycles. The van der Waals surface area contributed by atoms with Crippen molar-refractivity contribution in [3.8, 4) is 0 Å². The zero-order chi connectivity index (χ0) is 23.4. The van der Waals surface area contributed by atoms with E-state index in [2.05, 4.69) is 32.5 Å². The van der Waals surface area contributed by atoms with Gasteiger partial charge in [-0.25, -0.2) is 9.97 Å². The lowest BCUT2D eigenvalue weighted by atomic mass is 10.3. The number of carbonyl (C=O) groups is 1. The molecule has 1 aliphatic heterocycles. The Morgan fingerprint density at radius 2 is 1.85 bits per heavy atom. The van der Waals surface area contributed by atoms with Gasteiger partial charge in [0.05, 0.1) is 0 Å². The van der Waals surface area contributed by atoms with Gasteiger partial charge < -0.3 is 26.2 Å². The number of rotatable bonds is 7. The number of nitrogens with two attached hydrogens (primary N) is 1. The fraction of sp³-hybridized carbons (Fsp3) is 0.391. The van der Waals surface area contributed by atoms with Gasteiger partial charge in [-0.1, -0.05) is 0 Å². The number of amides is 1. The Hall–Kier alpha value is -3.11. The number of hydrogen-bond acceptors (Lipinski definition) is 8. The molecule has 0 bridgehead atoms. The average Bonchev–Trinajstić information content (AvgIpc) is 3.60. The summed E-state index contributed by atoms with van der Waals surface area (Å²) in [7, 11) is 2.12. The number of piperazine rings is 1. The summed E-state index contributed by atoms with van der Waals surface area (Å²) in [5, 5.41) is 14.7. The van der Waals surface area contributed by atoms with Crippen LogP contribution in [0.2, 0.25) is 0 Å². The second kappa shape index (κ2) is 10.2. The quantitative estimate of drug-likeness (QED) is 0.279.